The summed E-state index contributed by atoms with van der Waals surface area (Å²) in [7, 11) is 0. The fourth-order valence-corrected chi connectivity index (χ4v) is 4.84. The quantitative estimate of drug-likeness (QED) is 0.591. The summed E-state index contributed by atoms with van der Waals surface area (Å²) >= 11 is 0. The molecule has 2 aromatic carbocycles. The number of piperazine rings is 1. The van der Waals surface area contributed by atoms with Crippen LogP contribution in [0.4, 0.5) is 10.2 Å². The molecule has 1 saturated heterocycles. The van der Waals surface area contributed by atoms with E-state index in [9.17, 15) is 14.3 Å². The average Bonchev–Trinajstić information content (AvgIpc) is 2.82. The number of carbonyl (C=O) groups is 1. The first kappa shape index (κ1) is 22.1. The second kappa shape index (κ2) is 8.27. The number of fused-ring (bicyclic) bond motifs is 3. The fourth-order valence-electron chi connectivity index (χ4n) is 4.84. The molecule has 1 N–H and O–H groups in total. The van der Waals surface area contributed by atoms with Crippen molar-refractivity contribution in [2.75, 3.05) is 31.1 Å². The molecule has 2 aliphatic rings. The Labute approximate surface area is 197 Å². The van der Waals surface area contributed by atoms with Gasteiger partial charge in [0, 0.05) is 31.7 Å². The third-order valence-electron chi connectivity index (χ3n) is 6.65. The van der Waals surface area contributed by atoms with E-state index in [1.165, 1.54) is 30.6 Å². The normalized spacial score (nSPS) is 17.3. The van der Waals surface area contributed by atoms with E-state index in [1.807, 2.05) is 19.9 Å². The number of amides is 1. The first-order chi connectivity index (χ1) is 16.3. The van der Waals surface area contributed by atoms with Crippen LogP contribution in [0.5, 0.6) is 11.5 Å². The van der Waals surface area contributed by atoms with Gasteiger partial charge in [0.05, 0.1) is 16.5 Å². The number of halogens is 1. The number of hydrogen-bond donors (Lipinski definition) is 1. The van der Waals surface area contributed by atoms with Crippen LogP contribution in [0, 0.1) is 5.82 Å². The van der Waals surface area contributed by atoms with Gasteiger partial charge in [-0.2, -0.15) is 0 Å². The third kappa shape index (κ3) is 3.73. The van der Waals surface area contributed by atoms with Crippen LogP contribution in [0.25, 0.3) is 22.0 Å². The summed E-state index contributed by atoms with van der Waals surface area (Å²) in [5, 5.41) is 11.3. The van der Waals surface area contributed by atoms with Crippen LogP contribution in [-0.4, -0.2) is 57.7 Å². The molecule has 7 nitrogen and oxygen atoms in total. The maximum absolute atomic E-state index is 14.9. The van der Waals surface area contributed by atoms with Crippen LogP contribution >= 0.6 is 0 Å². The lowest BCUT2D eigenvalue weighted by molar-refractivity contribution is -0.126. The van der Waals surface area contributed by atoms with Crippen LogP contribution in [0.1, 0.15) is 25.8 Å². The standard InChI is InChI=1S/C26H27FN4O3/c1-4-21(33)30-10-12-31(13-11-30)25-23-19(28-15-29-25)14-17(22-18(27)6-5-7-20(22)32)16-8-9-26(2,3)34-24(16)23/h4-7,14-15,32H,1,8-13H2,2-3H3. The molecule has 176 valence electrons. The molecule has 0 bridgehead atoms. The summed E-state index contributed by atoms with van der Waals surface area (Å²) in [6, 6.07) is 6.13. The summed E-state index contributed by atoms with van der Waals surface area (Å²) in [5.74, 6) is 0.664. The number of phenolic OH excluding ortho intramolecular Hbond substituents is 1. The molecule has 1 amide bonds. The molecule has 3 aromatic rings. The Morgan fingerprint density at radius 3 is 2.71 bits per heavy atom. The van der Waals surface area contributed by atoms with Gasteiger partial charge < -0.3 is 19.6 Å². The first-order valence-corrected chi connectivity index (χ1v) is 11.4. The predicted octanol–water partition coefficient (Wildman–Crippen LogP) is 4.08. The second-order valence-corrected chi connectivity index (χ2v) is 9.34. The number of aromatic hydroxyl groups is 1. The SMILES string of the molecule is C=CC(=O)N1CCN(c2ncnc3cc(-c4c(O)cccc4F)c4c(c23)OC(C)(C)CC4)CC1. The molecule has 1 fully saturated rings. The first-order valence-electron chi connectivity index (χ1n) is 11.4. The number of anilines is 1. The van der Waals surface area contributed by atoms with E-state index < -0.39 is 11.4 Å². The number of aromatic nitrogens is 2. The third-order valence-corrected chi connectivity index (χ3v) is 6.65. The van der Waals surface area contributed by atoms with Crippen molar-refractivity contribution in [3.8, 4) is 22.6 Å². The van der Waals surface area contributed by atoms with Gasteiger partial charge in [0.25, 0.3) is 0 Å². The van der Waals surface area contributed by atoms with E-state index in [0.717, 1.165) is 23.2 Å². The highest BCUT2D eigenvalue weighted by molar-refractivity contribution is 6.00. The van der Waals surface area contributed by atoms with Gasteiger partial charge in [-0.05, 0) is 56.5 Å². The van der Waals surface area contributed by atoms with Crippen molar-refractivity contribution in [1.82, 2.24) is 14.9 Å². The number of nitrogens with zero attached hydrogens (tertiary/aromatic N) is 4. The van der Waals surface area contributed by atoms with Crippen molar-refractivity contribution < 1.29 is 19.0 Å². The van der Waals surface area contributed by atoms with Crippen molar-refractivity contribution in [3.63, 3.8) is 0 Å². The highest BCUT2D eigenvalue weighted by Gasteiger charge is 2.33. The highest BCUT2D eigenvalue weighted by Crippen LogP contribution is 2.48. The number of phenols is 1. The molecule has 0 unspecified atom stereocenters. The van der Waals surface area contributed by atoms with E-state index in [1.54, 1.807) is 4.90 Å². The largest absolute Gasteiger partial charge is 0.507 e. The minimum atomic E-state index is -0.497. The molecule has 3 heterocycles. The Kier molecular flexibility index (Phi) is 5.38. The molecule has 5 rings (SSSR count). The van der Waals surface area contributed by atoms with Crippen molar-refractivity contribution in [1.29, 1.82) is 0 Å². The van der Waals surface area contributed by atoms with Gasteiger partial charge >= 0.3 is 0 Å². The van der Waals surface area contributed by atoms with Gasteiger partial charge in [0.2, 0.25) is 5.91 Å². The zero-order chi connectivity index (χ0) is 24.0. The minimum absolute atomic E-state index is 0.0796. The molecular formula is C26H27FN4O3. The summed E-state index contributed by atoms with van der Waals surface area (Å²) in [5.41, 5.74) is 1.77. The van der Waals surface area contributed by atoms with Gasteiger partial charge in [-0.25, -0.2) is 14.4 Å². The topological polar surface area (TPSA) is 78.8 Å². The summed E-state index contributed by atoms with van der Waals surface area (Å²) < 4.78 is 21.4. The predicted molar refractivity (Wildman–Crippen MR) is 129 cm³/mol. The zero-order valence-electron chi connectivity index (χ0n) is 19.3. The lowest BCUT2D eigenvalue weighted by Gasteiger charge is -2.37. The molecule has 0 aliphatic carbocycles. The van der Waals surface area contributed by atoms with Gasteiger partial charge in [0.1, 0.15) is 35.1 Å². The smallest absolute Gasteiger partial charge is 0.246 e. The van der Waals surface area contributed by atoms with Gasteiger partial charge in [0.15, 0.2) is 0 Å². The Balaban J connectivity index is 1.68. The van der Waals surface area contributed by atoms with E-state index >= 15 is 0 Å². The summed E-state index contributed by atoms with van der Waals surface area (Å²) in [6.45, 7) is 9.97. The molecule has 1 aromatic heterocycles. The molecule has 0 radical (unpaired) electrons. The van der Waals surface area contributed by atoms with Crippen molar-refractivity contribution in [2.24, 2.45) is 0 Å². The zero-order valence-corrected chi connectivity index (χ0v) is 19.3. The average molecular weight is 463 g/mol. The molecule has 0 saturated carbocycles. The number of carbonyl (C=O) groups excluding carboxylic acids is 1. The van der Waals surface area contributed by atoms with E-state index in [4.69, 9.17) is 4.74 Å². The lowest BCUT2D eigenvalue weighted by atomic mass is 9.87. The Hall–Kier alpha value is -3.68. The maximum Gasteiger partial charge on any atom is 0.246 e. The fraction of sp³-hybridized carbons (Fsp3) is 0.346. The van der Waals surface area contributed by atoms with E-state index in [-0.39, 0.29) is 17.2 Å². The molecule has 8 heteroatoms. The van der Waals surface area contributed by atoms with Crippen molar-refractivity contribution in [2.45, 2.75) is 32.3 Å². The van der Waals surface area contributed by atoms with Gasteiger partial charge in [-0.1, -0.05) is 12.6 Å². The molecule has 0 spiro atoms. The van der Waals surface area contributed by atoms with Crippen molar-refractivity contribution in [3.05, 3.63) is 54.6 Å². The van der Waals surface area contributed by atoms with Crippen LogP contribution in [-0.2, 0) is 11.2 Å². The Morgan fingerprint density at radius 2 is 2.00 bits per heavy atom. The van der Waals surface area contributed by atoms with Crippen molar-refractivity contribution >= 4 is 22.6 Å². The number of rotatable bonds is 3. The highest BCUT2D eigenvalue weighted by atomic mass is 19.1. The maximum atomic E-state index is 14.9. The summed E-state index contributed by atoms with van der Waals surface area (Å²) in [4.78, 5) is 25.0. The van der Waals surface area contributed by atoms with E-state index in [2.05, 4.69) is 21.4 Å². The van der Waals surface area contributed by atoms with E-state index in [0.29, 0.717) is 49.4 Å². The molecular weight excluding hydrogens is 435 g/mol. The van der Waals surface area contributed by atoms with Crippen LogP contribution < -0.4 is 9.64 Å². The molecule has 34 heavy (non-hydrogen) atoms. The number of ether oxygens (including phenoxy) is 1. The van der Waals surface area contributed by atoms with Crippen LogP contribution in [0.3, 0.4) is 0 Å². The number of hydrogen-bond acceptors (Lipinski definition) is 6. The van der Waals surface area contributed by atoms with Crippen LogP contribution in [0.2, 0.25) is 0 Å². The minimum Gasteiger partial charge on any atom is -0.507 e. The number of benzene rings is 2. The second-order valence-electron chi connectivity index (χ2n) is 9.34. The van der Waals surface area contributed by atoms with Crippen LogP contribution in [0.15, 0.2) is 43.2 Å². The van der Waals surface area contributed by atoms with Gasteiger partial charge in [-0.3, -0.25) is 4.79 Å². The molecule has 0 atom stereocenters. The monoisotopic (exact) mass is 462 g/mol. The lowest BCUT2D eigenvalue weighted by Crippen LogP contribution is -2.48. The Morgan fingerprint density at radius 1 is 1.24 bits per heavy atom. The summed E-state index contributed by atoms with van der Waals surface area (Å²) in [6.07, 6.45) is 4.24. The Bertz CT molecular complexity index is 1280. The van der Waals surface area contributed by atoms with Gasteiger partial charge in [-0.15, -0.1) is 0 Å². The molecule has 2 aliphatic heterocycles.